The van der Waals surface area contributed by atoms with E-state index in [-0.39, 0.29) is 30.8 Å². The number of urea groups is 1. The second-order valence-electron chi connectivity index (χ2n) is 8.23. The number of aryl methyl sites for hydroxylation is 1. The van der Waals surface area contributed by atoms with Gasteiger partial charge in [0.05, 0.1) is 18.6 Å². The standard InChI is InChI=1S/C24H28N4O3/c1-17-9-11-18(12-10-17)14-26-21(29)16-27-22-20(8-5-13-25-22)23(30)28(24(27)31)15-19-6-3-2-4-7-19/h2-4,6-7,9-12,20,22,25H,5,8,13-16H2,1H3,(H,26,29). The van der Waals surface area contributed by atoms with Gasteiger partial charge in [-0.15, -0.1) is 0 Å². The van der Waals surface area contributed by atoms with Crippen molar-refractivity contribution in [1.29, 1.82) is 0 Å². The van der Waals surface area contributed by atoms with Gasteiger partial charge in [0.1, 0.15) is 6.54 Å². The molecule has 2 aromatic carbocycles. The fourth-order valence-electron chi connectivity index (χ4n) is 4.22. The summed E-state index contributed by atoms with van der Waals surface area (Å²) >= 11 is 0. The monoisotopic (exact) mass is 420 g/mol. The van der Waals surface area contributed by atoms with Crippen LogP contribution < -0.4 is 10.6 Å². The van der Waals surface area contributed by atoms with Crippen molar-refractivity contribution in [2.75, 3.05) is 13.1 Å². The number of carbonyl (C=O) groups excluding carboxylic acids is 3. The highest BCUT2D eigenvalue weighted by molar-refractivity contribution is 6.00. The van der Waals surface area contributed by atoms with Gasteiger partial charge in [-0.3, -0.25) is 24.7 Å². The molecule has 0 aromatic heterocycles. The van der Waals surface area contributed by atoms with Crippen LogP contribution in [-0.4, -0.2) is 46.9 Å². The van der Waals surface area contributed by atoms with Crippen LogP contribution in [0.25, 0.3) is 0 Å². The van der Waals surface area contributed by atoms with E-state index in [0.29, 0.717) is 13.0 Å². The maximum Gasteiger partial charge on any atom is 0.328 e. The number of fused-ring (bicyclic) bond motifs is 1. The molecule has 2 aliphatic heterocycles. The maximum atomic E-state index is 13.3. The molecule has 0 aliphatic carbocycles. The third-order valence-corrected chi connectivity index (χ3v) is 5.93. The summed E-state index contributed by atoms with van der Waals surface area (Å²) in [5.74, 6) is -0.739. The third kappa shape index (κ3) is 4.77. The van der Waals surface area contributed by atoms with Crippen LogP contribution in [0.5, 0.6) is 0 Å². The first-order chi connectivity index (χ1) is 15.0. The van der Waals surface area contributed by atoms with Gasteiger partial charge in [0.25, 0.3) is 0 Å². The smallest absolute Gasteiger partial charge is 0.328 e. The number of rotatable bonds is 6. The minimum Gasteiger partial charge on any atom is -0.350 e. The lowest BCUT2D eigenvalue weighted by Gasteiger charge is -2.46. The second kappa shape index (κ2) is 9.31. The van der Waals surface area contributed by atoms with Gasteiger partial charge < -0.3 is 5.32 Å². The van der Waals surface area contributed by atoms with Crippen molar-refractivity contribution in [2.45, 2.75) is 39.0 Å². The predicted molar refractivity (Wildman–Crippen MR) is 117 cm³/mol. The zero-order valence-corrected chi connectivity index (χ0v) is 17.7. The third-order valence-electron chi connectivity index (χ3n) is 5.93. The topological polar surface area (TPSA) is 81.8 Å². The predicted octanol–water partition coefficient (Wildman–Crippen LogP) is 2.40. The normalized spacial score (nSPS) is 21.1. The van der Waals surface area contributed by atoms with Gasteiger partial charge in [-0.05, 0) is 37.4 Å². The van der Waals surface area contributed by atoms with Gasteiger partial charge in [0, 0.05) is 6.54 Å². The zero-order valence-electron chi connectivity index (χ0n) is 17.7. The molecular formula is C24H28N4O3. The molecule has 0 spiro atoms. The Bertz CT molecular complexity index is 945. The van der Waals surface area contributed by atoms with E-state index in [1.165, 1.54) is 9.80 Å². The molecule has 2 aromatic rings. The maximum absolute atomic E-state index is 13.3. The Morgan fingerprint density at radius 1 is 1.06 bits per heavy atom. The Balaban J connectivity index is 1.47. The first-order valence-electron chi connectivity index (χ1n) is 10.7. The molecule has 2 saturated heterocycles. The van der Waals surface area contributed by atoms with Crippen LogP contribution >= 0.6 is 0 Å². The number of carbonyl (C=O) groups is 3. The average Bonchev–Trinajstić information content (AvgIpc) is 2.80. The number of nitrogens with one attached hydrogen (secondary N) is 2. The summed E-state index contributed by atoms with van der Waals surface area (Å²) < 4.78 is 0. The zero-order chi connectivity index (χ0) is 21.8. The minimum atomic E-state index is -0.439. The summed E-state index contributed by atoms with van der Waals surface area (Å²) in [5.41, 5.74) is 3.04. The summed E-state index contributed by atoms with van der Waals surface area (Å²) in [6.07, 6.45) is 1.13. The summed E-state index contributed by atoms with van der Waals surface area (Å²) in [7, 11) is 0. The number of piperidine rings is 1. The van der Waals surface area contributed by atoms with Crippen molar-refractivity contribution in [2.24, 2.45) is 5.92 Å². The molecule has 2 unspecified atom stereocenters. The lowest BCUT2D eigenvalue weighted by Crippen LogP contribution is -2.68. The van der Waals surface area contributed by atoms with Gasteiger partial charge in [-0.25, -0.2) is 4.79 Å². The first-order valence-corrected chi connectivity index (χ1v) is 10.7. The number of hydrogen-bond donors (Lipinski definition) is 2. The van der Waals surface area contributed by atoms with Crippen LogP contribution in [0.4, 0.5) is 4.79 Å². The SMILES string of the molecule is Cc1ccc(CNC(=O)CN2C(=O)N(Cc3ccccc3)C(=O)C3CCCNC32)cc1. The molecule has 0 radical (unpaired) electrons. The van der Waals surface area contributed by atoms with Gasteiger partial charge >= 0.3 is 6.03 Å². The summed E-state index contributed by atoms with van der Waals surface area (Å²) in [6.45, 7) is 3.26. The molecule has 2 fully saturated rings. The molecule has 7 nitrogen and oxygen atoms in total. The Morgan fingerprint density at radius 3 is 2.55 bits per heavy atom. The van der Waals surface area contributed by atoms with Crippen molar-refractivity contribution in [3.63, 3.8) is 0 Å². The van der Waals surface area contributed by atoms with Crippen LogP contribution in [0.15, 0.2) is 54.6 Å². The highest BCUT2D eigenvalue weighted by atomic mass is 16.2. The molecule has 162 valence electrons. The molecule has 2 N–H and O–H groups in total. The van der Waals surface area contributed by atoms with E-state index >= 15 is 0 Å². The number of amides is 4. The van der Waals surface area contributed by atoms with Crippen LogP contribution in [0.1, 0.15) is 29.5 Å². The highest BCUT2D eigenvalue weighted by Crippen LogP contribution is 2.29. The lowest BCUT2D eigenvalue weighted by molar-refractivity contribution is -0.143. The molecule has 4 amide bonds. The van der Waals surface area contributed by atoms with E-state index in [9.17, 15) is 14.4 Å². The molecule has 0 bridgehead atoms. The number of hydrogen-bond acceptors (Lipinski definition) is 4. The van der Waals surface area contributed by atoms with E-state index in [1.807, 2.05) is 61.5 Å². The van der Waals surface area contributed by atoms with Crippen molar-refractivity contribution in [3.8, 4) is 0 Å². The highest BCUT2D eigenvalue weighted by Gasteiger charge is 2.47. The van der Waals surface area contributed by atoms with Crippen LogP contribution in [0.2, 0.25) is 0 Å². The minimum absolute atomic E-state index is 0.0859. The Morgan fingerprint density at radius 2 is 1.81 bits per heavy atom. The van der Waals surface area contributed by atoms with Crippen LogP contribution in [0.3, 0.4) is 0 Å². The molecule has 31 heavy (non-hydrogen) atoms. The Hall–Kier alpha value is -3.19. The molecular weight excluding hydrogens is 392 g/mol. The van der Waals surface area contributed by atoms with Crippen LogP contribution in [0, 0.1) is 12.8 Å². The molecule has 4 rings (SSSR count). The molecule has 2 heterocycles. The van der Waals surface area contributed by atoms with Crippen molar-refractivity contribution in [3.05, 3.63) is 71.3 Å². The molecule has 0 saturated carbocycles. The summed E-state index contributed by atoms with van der Waals surface area (Å²) in [6, 6.07) is 17.0. The second-order valence-corrected chi connectivity index (χ2v) is 8.23. The van der Waals surface area contributed by atoms with Crippen molar-refractivity contribution >= 4 is 17.8 Å². The lowest BCUT2D eigenvalue weighted by atomic mass is 9.91. The summed E-state index contributed by atoms with van der Waals surface area (Å²) in [4.78, 5) is 41.8. The average molecular weight is 421 g/mol. The van der Waals surface area contributed by atoms with Gasteiger partial charge in [0.2, 0.25) is 11.8 Å². The van der Waals surface area contributed by atoms with E-state index in [1.54, 1.807) is 0 Å². The van der Waals surface area contributed by atoms with E-state index in [2.05, 4.69) is 10.6 Å². The first kappa shape index (κ1) is 21.1. The van der Waals surface area contributed by atoms with Gasteiger partial charge in [-0.2, -0.15) is 0 Å². The van der Waals surface area contributed by atoms with Gasteiger partial charge in [0.15, 0.2) is 0 Å². The fraction of sp³-hybridized carbons (Fsp3) is 0.375. The quantitative estimate of drug-likeness (QED) is 0.752. The van der Waals surface area contributed by atoms with Crippen molar-refractivity contribution < 1.29 is 14.4 Å². The molecule has 2 aliphatic rings. The molecule has 2 atom stereocenters. The number of nitrogens with zero attached hydrogens (tertiary/aromatic N) is 2. The van der Waals surface area contributed by atoms with E-state index < -0.39 is 12.2 Å². The van der Waals surface area contributed by atoms with Crippen LogP contribution in [-0.2, 0) is 22.7 Å². The van der Waals surface area contributed by atoms with Crippen molar-refractivity contribution in [1.82, 2.24) is 20.4 Å². The Kier molecular flexibility index (Phi) is 6.32. The molecule has 7 heteroatoms. The van der Waals surface area contributed by atoms with E-state index in [4.69, 9.17) is 0 Å². The summed E-state index contributed by atoms with van der Waals surface area (Å²) in [5, 5.41) is 6.17. The Labute approximate surface area is 182 Å². The largest absolute Gasteiger partial charge is 0.350 e. The van der Waals surface area contributed by atoms with Gasteiger partial charge in [-0.1, -0.05) is 60.2 Å². The number of benzene rings is 2. The van der Waals surface area contributed by atoms with E-state index in [0.717, 1.165) is 29.7 Å². The number of imide groups is 1. The fourth-order valence-corrected chi connectivity index (χ4v) is 4.22.